The largest absolute Gasteiger partial charge is 0.382 e. The number of nitrogens with zero attached hydrogens (tertiary/aromatic N) is 3. The molecular weight excluding hydrogens is 248 g/mol. The Bertz CT molecular complexity index is 631. The summed E-state index contributed by atoms with van der Waals surface area (Å²) in [7, 11) is 0. The highest BCUT2D eigenvalue weighted by Crippen LogP contribution is 2.18. The minimum Gasteiger partial charge on any atom is -0.358 e. The van der Waals surface area contributed by atoms with Crippen molar-refractivity contribution >= 4 is 17.4 Å². The van der Waals surface area contributed by atoms with Crippen molar-refractivity contribution in [3.8, 4) is 5.69 Å². The van der Waals surface area contributed by atoms with Crippen LogP contribution in [0, 0.1) is 17.0 Å². The van der Waals surface area contributed by atoms with Crippen molar-refractivity contribution in [1.82, 2.24) is 9.55 Å². The molecule has 0 bridgehead atoms. The third-order valence-electron chi connectivity index (χ3n) is 2.52. The molecule has 0 saturated carbocycles. The van der Waals surface area contributed by atoms with Gasteiger partial charge in [-0.3, -0.25) is 9.36 Å². The summed E-state index contributed by atoms with van der Waals surface area (Å²) in [6, 6.07) is 6.96. The predicted molar refractivity (Wildman–Crippen MR) is 69.3 cm³/mol. The average molecular weight is 260 g/mol. The van der Waals surface area contributed by atoms with Crippen LogP contribution in [-0.2, 0) is 4.79 Å². The van der Waals surface area contributed by atoms with Crippen LogP contribution in [0.3, 0.4) is 0 Å². The Labute approximate surface area is 109 Å². The summed E-state index contributed by atoms with van der Waals surface area (Å²) in [6.45, 7) is 3.12. The van der Waals surface area contributed by atoms with E-state index in [1.54, 1.807) is 35.8 Å². The van der Waals surface area contributed by atoms with Crippen molar-refractivity contribution in [2.45, 2.75) is 13.8 Å². The van der Waals surface area contributed by atoms with Gasteiger partial charge in [0.05, 0.1) is 0 Å². The summed E-state index contributed by atoms with van der Waals surface area (Å²) in [5.41, 5.74) is 1.41. The maximum absolute atomic E-state index is 10.9. The molecule has 0 aliphatic rings. The van der Waals surface area contributed by atoms with Gasteiger partial charge >= 0.3 is 5.82 Å². The number of imidazole rings is 1. The van der Waals surface area contributed by atoms with Crippen LogP contribution in [0.1, 0.15) is 12.7 Å². The summed E-state index contributed by atoms with van der Waals surface area (Å²) < 4.78 is 1.62. The van der Waals surface area contributed by atoms with Crippen LogP contribution in [0.25, 0.3) is 5.69 Å². The number of hydrogen-bond donors (Lipinski definition) is 1. The smallest absolute Gasteiger partial charge is 0.358 e. The number of hydrogen-bond acceptors (Lipinski definition) is 4. The van der Waals surface area contributed by atoms with Crippen LogP contribution in [0.4, 0.5) is 11.5 Å². The first-order valence-electron chi connectivity index (χ1n) is 5.56. The fourth-order valence-electron chi connectivity index (χ4n) is 1.72. The molecule has 1 amide bonds. The van der Waals surface area contributed by atoms with Crippen molar-refractivity contribution in [3.63, 3.8) is 0 Å². The average Bonchev–Trinajstić information content (AvgIpc) is 2.72. The molecule has 0 atom stereocenters. The zero-order valence-electron chi connectivity index (χ0n) is 10.5. The summed E-state index contributed by atoms with van der Waals surface area (Å²) in [6.07, 6.45) is 1.36. The van der Waals surface area contributed by atoms with Crippen LogP contribution in [-0.4, -0.2) is 20.4 Å². The number of amides is 1. The van der Waals surface area contributed by atoms with Crippen molar-refractivity contribution in [3.05, 3.63) is 46.4 Å². The van der Waals surface area contributed by atoms with Gasteiger partial charge in [0.2, 0.25) is 11.7 Å². The van der Waals surface area contributed by atoms with Gasteiger partial charge in [0.15, 0.2) is 0 Å². The van der Waals surface area contributed by atoms with E-state index < -0.39 is 4.92 Å². The molecule has 7 nitrogen and oxygen atoms in total. The molecule has 98 valence electrons. The molecule has 1 heterocycles. The molecule has 0 aliphatic heterocycles. The molecule has 0 aliphatic carbocycles. The molecular formula is C12H12N4O3. The second-order valence-electron chi connectivity index (χ2n) is 4.00. The number of carbonyl (C=O) groups excluding carboxylic acids is 1. The lowest BCUT2D eigenvalue weighted by Gasteiger charge is -2.05. The van der Waals surface area contributed by atoms with Crippen molar-refractivity contribution in [2.75, 3.05) is 5.32 Å². The van der Waals surface area contributed by atoms with Gasteiger partial charge in [-0.2, -0.15) is 0 Å². The summed E-state index contributed by atoms with van der Waals surface area (Å²) in [4.78, 5) is 24.9. The summed E-state index contributed by atoms with van der Waals surface area (Å²) in [5, 5.41) is 13.3. The van der Waals surface area contributed by atoms with Gasteiger partial charge in [0.1, 0.15) is 6.20 Å². The zero-order valence-corrected chi connectivity index (χ0v) is 10.5. The first-order valence-corrected chi connectivity index (χ1v) is 5.56. The van der Waals surface area contributed by atoms with Gasteiger partial charge in [-0.05, 0) is 34.2 Å². The SMILES string of the molecule is CC(=O)Nc1ccc(-n2cc([N+](=O)[O-])nc2C)cc1. The van der Waals surface area contributed by atoms with E-state index in [1.807, 2.05) is 0 Å². The first kappa shape index (κ1) is 12.7. The molecule has 0 unspecified atom stereocenters. The predicted octanol–water partition coefficient (Wildman–Crippen LogP) is 2.05. The lowest BCUT2D eigenvalue weighted by molar-refractivity contribution is -0.389. The Morgan fingerprint density at radius 1 is 1.37 bits per heavy atom. The van der Waals surface area contributed by atoms with E-state index in [-0.39, 0.29) is 11.7 Å². The van der Waals surface area contributed by atoms with Crippen LogP contribution in [0.5, 0.6) is 0 Å². The molecule has 2 rings (SSSR count). The van der Waals surface area contributed by atoms with Gasteiger partial charge in [-0.15, -0.1) is 0 Å². The molecule has 1 aromatic carbocycles. The van der Waals surface area contributed by atoms with Crippen molar-refractivity contribution < 1.29 is 9.72 Å². The highest BCUT2D eigenvalue weighted by molar-refractivity contribution is 5.88. The molecule has 2 aromatic rings. The van der Waals surface area contributed by atoms with E-state index in [0.717, 1.165) is 5.69 Å². The Morgan fingerprint density at radius 3 is 2.47 bits per heavy atom. The Kier molecular flexibility index (Phi) is 3.28. The van der Waals surface area contributed by atoms with Gasteiger partial charge in [-0.25, -0.2) is 0 Å². The van der Waals surface area contributed by atoms with Gasteiger partial charge in [0.25, 0.3) is 0 Å². The highest BCUT2D eigenvalue weighted by atomic mass is 16.6. The van der Waals surface area contributed by atoms with Gasteiger partial charge in [-0.1, -0.05) is 0 Å². The molecule has 0 fully saturated rings. The summed E-state index contributed by atoms with van der Waals surface area (Å²) in [5.74, 6) is 0.185. The van der Waals surface area contributed by atoms with E-state index in [4.69, 9.17) is 0 Å². The fourth-order valence-corrected chi connectivity index (χ4v) is 1.72. The third kappa shape index (κ3) is 2.76. The second-order valence-corrected chi connectivity index (χ2v) is 4.00. The maximum atomic E-state index is 10.9. The molecule has 7 heteroatoms. The maximum Gasteiger partial charge on any atom is 0.382 e. The minimum atomic E-state index is -0.533. The molecule has 1 aromatic heterocycles. The number of nitro groups is 1. The van der Waals surface area contributed by atoms with Crippen LogP contribution >= 0.6 is 0 Å². The zero-order chi connectivity index (χ0) is 14.0. The van der Waals surface area contributed by atoms with Crippen LogP contribution < -0.4 is 5.32 Å². The number of carbonyl (C=O) groups is 1. The fraction of sp³-hybridized carbons (Fsp3) is 0.167. The number of rotatable bonds is 3. The molecule has 19 heavy (non-hydrogen) atoms. The van der Waals surface area contributed by atoms with E-state index in [9.17, 15) is 14.9 Å². The quantitative estimate of drug-likeness (QED) is 0.675. The van der Waals surface area contributed by atoms with E-state index in [0.29, 0.717) is 11.5 Å². The lowest BCUT2D eigenvalue weighted by Crippen LogP contribution is -2.05. The molecule has 0 spiro atoms. The third-order valence-corrected chi connectivity index (χ3v) is 2.52. The Hall–Kier alpha value is -2.70. The van der Waals surface area contributed by atoms with E-state index in [1.165, 1.54) is 13.1 Å². The van der Waals surface area contributed by atoms with Crippen molar-refractivity contribution in [1.29, 1.82) is 0 Å². The van der Waals surface area contributed by atoms with Gasteiger partial charge < -0.3 is 15.4 Å². The number of aromatic nitrogens is 2. The summed E-state index contributed by atoms with van der Waals surface area (Å²) >= 11 is 0. The minimum absolute atomic E-state index is 0.151. The monoisotopic (exact) mass is 260 g/mol. The molecule has 0 radical (unpaired) electrons. The molecule has 0 saturated heterocycles. The normalized spacial score (nSPS) is 10.2. The van der Waals surface area contributed by atoms with Gasteiger partial charge in [0, 0.05) is 25.2 Å². The topological polar surface area (TPSA) is 90.1 Å². The Balaban J connectivity index is 2.31. The highest BCUT2D eigenvalue weighted by Gasteiger charge is 2.15. The lowest BCUT2D eigenvalue weighted by atomic mass is 10.2. The number of benzene rings is 1. The first-order chi connectivity index (χ1) is 8.97. The van der Waals surface area contributed by atoms with Crippen LogP contribution in [0.2, 0.25) is 0 Å². The van der Waals surface area contributed by atoms with Crippen LogP contribution in [0.15, 0.2) is 30.5 Å². The standard InChI is InChI=1S/C12H12N4O3/c1-8-13-12(16(18)19)7-15(8)11-5-3-10(4-6-11)14-9(2)17/h3-7H,1-2H3,(H,14,17). The van der Waals surface area contributed by atoms with E-state index in [2.05, 4.69) is 10.3 Å². The second kappa shape index (κ2) is 4.89. The number of aryl methyl sites for hydroxylation is 1. The molecule has 1 N–H and O–H groups in total. The Morgan fingerprint density at radius 2 is 2.00 bits per heavy atom. The number of anilines is 1. The van der Waals surface area contributed by atoms with E-state index >= 15 is 0 Å². The van der Waals surface area contributed by atoms with Crippen molar-refractivity contribution in [2.24, 2.45) is 0 Å². The number of nitrogens with one attached hydrogen (secondary N) is 1.